The smallest absolute Gasteiger partial charge is 0.339 e. The van der Waals surface area contributed by atoms with Gasteiger partial charge in [-0.2, -0.15) is 0 Å². The largest absolute Gasteiger partial charge is 0.492 e. The number of halogens is 1. The van der Waals surface area contributed by atoms with Crippen molar-refractivity contribution in [3.05, 3.63) is 82.9 Å². The molecule has 0 aliphatic rings. The molecule has 1 N–H and O–H groups in total. The first-order chi connectivity index (χ1) is 17.2. The highest BCUT2D eigenvalue weighted by molar-refractivity contribution is 7.92. The number of anilines is 2. The number of sulfonamides is 1. The number of para-hydroxylation sites is 2. The van der Waals surface area contributed by atoms with Gasteiger partial charge in [-0.1, -0.05) is 41.4 Å². The van der Waals surface area contributed by atoms with Gasteiger partial charge >= 0.3 is 5.97 Å². The van der Waals surface area contributed by atoms with Crippen LogP contribution in [0.2, 0.25) is 5.02 Å². The molecule has 3 aromatic carbocycles. The van der Waals surface area contributed by atoms with Crippen molar-refractivity contribution in [1.29, 1.82) is 0 Å². The van der Waals surface area contributed by atoms with Gasteiger partial charge in [-0.05, 0) is 63.2 Å². The number of nitrogens with one attached hydrogen (secondary N) is 1. The van der Waals surface area contributed by atoms with E-state index in [0.29, 0.717) is 12.4 Å². The van der Waals surface area contributed by atoms with E-state index in [9.17, 15) is 18.0 Å². The van der Waals surface area contributed by atoms with Gasteiger partial charge in [0.15, 0.2) is 0 Å². The van der Waals surface area contributed by atoms with Gasteiger partial charge < -0.3 is 14.8 Å². The summed E-state index contributed by atoms with van der Waals surface area (Å²) in [7, 11) is -4.14. The van der Waals surface area contributed by atoms with E-state index in [0.717, 1.165) is 9.87 Å². The van der Waals surface area contributed by atoms with E-state index in [4.69, 9.17) is 21.1 Å². The summed E-state index contributed by atoms with van der Waals surface area (Å²) < 4.78 is 39.0. The molecule has 0 unspecified atom stereocenters. The third-order valence-corrected chi connectivity index (χ3v) is 7.18. The molecule has 8 nitrogen and oxygen atoms in total. The van der Waals surface area contributed by atoms with E-state index in [2.05, 4.69) is 5.32 Å². The SMILES string of the molecule is CCOC(=O)c1cc(NC(=O)CN(c2ccccc2OCC)S(=O)(=O)c2ccc(C)cc2)ccc1Cl. The number of rotatable bonds is 10. The van der Waals surface area contributed by atoms with Crippen LogP contribution in [-0.2, 0) is 19.6 Å². The lowest BCUT2D eigenvalue weighted by Crippen LogP contribution is -2.38. The highest BCUT2D eigenvalue weighted by Crippen LogP contribution is 2.32. The number of esters is 1. The number of nitrogens with zero attached hydrogens (tertiary/aromatic N) is 1. The van der Waals surface area contributed by atoms with Gasteiger partial charge in [-0.3, -0.25) is 9.10 Å². The number of ether oxygens (including phenoxy) is 2. The molecule has 1 amide bonds. The molecule has 0 spiro atoms. The topological polar surface area (TPSA) is 102 Å². The quantitative estimate of drug-likeness (QED) is 0.368. The molecule has 0 aliphatic carbocycles. The van der Waals surface area contributed by atoms with Crippen LogP contribution >= 0.6 is 11.6 Å². The van der Waals surface area contributed by atoms with Crippen LogP contribution in [0.1, 0.15) is 29.8 Å². The van der Waals surface area contributed by atoms with Crippen LogP contribution in [-0.4, -0.2) is 40.1 Å². The number of carbonyl (C=O) groups is 2. The minimum absolute atomic E-state index is 0.0308. The first-order valence-electron chi connectivity index (χ1n) is 11.2. The molecule has 3 rings (SSSR count). The van der Waals surface area contributed by atoms with Crippen molar-refractivity contribution in [3.63, 3.8) is 0 Å². The monoisotopic (exact) mass is 530 g/mol. The highest BCUT2D eigenvalue weighted by atomic mass is 35.5. The second-order valence-electron chi connectivity index (χ2n) is 7.69. The van der Waals surface area contributed by atoms with E-state index in [1.807, 2.05) is 6.92 Å². The Morgan fingerprint density at radius 1 is 0.972 bits per heavy atom. The number of benzene rings is 3. The summed E-state index contributed by atoms with van der Waals surface area (Å²) in [6, 6.07) is 17.3. The van der Waals surface area contributed by atoms with Crippen molar-refractivity contribution in [3.8, 4) is 5.75 Å². The predicted molar refractivity (Wildman–Crippen MR) is 139 cm³/mol. The molecular weight excluding hydrogens is 504 g/mol. The van der Waals surface area contributed by atoms with Gasteiger partial charge in [0, 0.05) is 5.69 Å². The Labute approximate surface area is 215 Å². The van der Waals surface area contributed by atoms with E-state index in [1.54, 1.807) is 50.2 Å². The molecule has 0 aliphatic heterocycles. The zero-order chi connectivity index (χ0) is 26.3. The maximum Gasteiger partial charge on any atom is 0.339 e. The van der Waals surface area contributed by atoms with E-state index < -0.39 is 28.4 Å². The number of amides is 1. The summed E-state index contributed by atoms with van der Waals surface area (Å²) in [5.41, 5.74) is 1.46. The fourth-order valence-electron chi connectivity index (χ4n) is 3.38. The maximum absolute atomic E-state index is 13.7. The lowest BCUT2D eigenvalue weighted by Gasteiger charge is -2.26. The van der Waals surface area contributed by atoms with Crippen molar-refractivity contribution in [2.45, 2.75) is 25.7 Å². The van der Waals surface area contributed by atoms with Gasteiger partial charge in [-0.15, -0.1) is 0 Å². The third kappa shape index (κ3) is 6.35. The number of hydrogen-bond donors (Lipinski definition) is 1. The van der Waals surface area contributed by atoms with Gasteiger partial charge in [0.05, 0.1) is 34.4 Å². The van der Waals surface area contributed by atoms with Gasteiger partial charge in [0.25, 0.3) is 10.0 Å². The predicted octanol–water partition coefficient (Wildman–Crippen LogP) is 5.06. The van der Waals surface area contributed by atoms with E-state index in [1.165, 1.54) is 30.3 Å². The number of hydrogen-bond acceptors (Lipinski definition) is 6. The van der Waals surface area contributed by atoms with Gasteiger partial charge in [-0.25, -0.2) is 13.2 Å². The maximum atomic E-state index is 13.7. The third-order valence-electron chi connectivity index (χ3n) is 5.08. The van der Waals surface area contributed by atoms with Crippen molar-refractivity contribution < 1.29 is 27.5 Å². The normalized spacial score (nSPS) is 11.0. The summed E-state index contributed by atoms with van der Waals surface area (Å²) in [4.78, 5) is 25.3. The van der Waals surface area contributed by atoms with Crippen LogP contribution in [0.5, 0.6) is 5.75 Å². The average molecular weight is 531 g/mol. The molecule has 0 aromatic heterocycles. The minimum atomic E-state index is -4.14. The van der Waals surface area contributed by atoms with Crippen molar-refractivity contribution >= 4 is 44.9 Å². The zero-order valence-corrected chi connectivity index (χ0v) is 21.7. The lowest BCUT2D eigenvalue weighted by atomic mass is 10.2. The van der Waals surface area contributed by atoms with E-state index in [-0.39, 0.29) is 33.5 Å². The molecule has 190 valence electrons. The van der Waals surface area contributed by atoms with Crippen molar-refractivity contribution in [2.24, 2.45) is 0 Å². The molecule has 0 fully saturated rings. The summed E-state index contributed by atoms with van der Waals surface area (Å²) in [6.07, 6.45) is 0. The summed E-state index contributed by atoms with van der Waals surface area (Å²) in [6.45, 7) is 5.23. The van der Waals surface area contributed by atoms with Gasteiger partial charge in [0.2, 0.25) is 5.91 Å². The Balaban J connectivity index is 1.97. The van der Waals surface area contributed by atoms with Crippen LogP contribution < -0.4 is 14.4 Å². The molecule has 0 bridgehead atoms. The number of carbonyl (C=O) groups excluding carboxylic acids is 2. The summed E-state index contributed by atoms with van der Waals surface area (Å²) in [5, 5.41) is 2.81. The molecule has 36 heavy (non-hydrogen) atoms. The second kappa shape index (κ2) is 11.9. The molecule has 0 heterocycles. The lowest BCUT2D eigenvalue weighted by molar-refractivity contribution is -0.114. The van der Waals surface area contributed by atoms with Crippen LogP contribution in [0.15, 0.2) is 71.6 Å². The first-order valence-corrected chi connectivity index (χ1v) is 13.1. The van der Waals surface area contributed by atoms with Gasteiger partial charge in [0.1, 0.15) is 12.3 Å². The second-order valence-corrected chi connectivity index (χ2v) is 9.96. The minimum Gasteiger partial charge on any atom is -0.492 e. The number of aryl methyl sites for hydroxylation is 1. The van der Waals surface area contributed by atoms with Crippen molar-refractivity contribution in [1.82, 2.24) is 0 Å². The molecule has 10 heteroatoms. The van der Waals surface area contributed by atoms with Crippen molar-refractivity contribution in [2.75, 3.05) is 29.4 Å². The van der Waals surface area contributed by atoms with E-state index >= 15 is 0 Å². The zero-order valence-electron chi connectivity index (χ0n) is 20.2. The fourth-order valence-corrected chi connectivity index (χ4v) is 5.00. The molecule has 0 radical (unpaired) electrons. The van der Waals surface area contributed by atoms with Crippen LogP contribution in [0.25, 0.3) is 0 Å². The first kappa shape index (κ1) is 27.0. The molecule has 0 saturated carbocycles. The molecule has 0 saturated heterocycles. The summed E-state index contributed by atoms with van der Waals surface area (Å²) in [5.74, 6) is -0.943. The van der Waals surface area contributed by atoms with Crippen LogP contribution in [0.3, 0.4) is 0 Å². The Bertz CT molecular complexity index is 1340. The molecule has 0 atom stereocenters. The Kier molecular flexibility index (Phi) is 8.95. The fraction of sp³-hybridized carbons (Fsp3) is 0.231. The summed E-state index contributed by atoms with van der Waals surface area (Å²) >= 11 is 6.10. The highest BCUT2D eigenvalue weighted by Gasteiger charge is 2.29. The Hall–Kier alpha value is -3.56. The molecule has 3 aromatic rings. The average Bonchev–Trinajstić information content (AvgIpc) is 2.85. The van der Waals surface area contributed by atoms with Crippen LogP contribution in [0.4, 0.5) is 11.4 Å². The Morgan fingerprint density at radius 2 is 1.67 bits per heavy atom. The van der Waals surface area contributed by atoms with Crippen LogP contribution in [0, 0.1) is 6.92 Å². The molecular formula is C26H27ClN2O6S. The standard InChI is InChI=1S/C26H27ClN2O6S/c1-4-34-24-9-7-6-8-23(24)29(36(32,33)20-13-10-18(3)11-14-20)17-25(30)28-19-12-15-22(27)21(16-19)26(31)35-5-2/h6-16H,4-5,17H2,1-3H3,(H,28,30). The Morgan fingerprint density at radius 3 is 2.33 bits per heavy atom.